The molecule has 0 spiro atoms. The second kappa shape index (κ2) is 6.02. The Morgan fingerprint density at radius 1 is 1.47 bits per heavy atom. The van der Waals surface area contributed by atoms with Crippen LogP contribution in [0.3, 0.4) is 0 Å². The molecule has 86 valence electrons. The van der Waals surface area contributed by atoms with Crippen LogP contribution in [0.4, 0.5) is 0 Å². The van der Waals surface area contributed by atoms with Crippen molar-refractivity contribution in [1.82, 2.24) is 5.43 Å². The van der Waals surface area contributed by atoms with Gasteiger partial charge >= 0.3 is 5.97 Å². The normalized spacial score (nSPS) is 9.82. The largest absolute Gasteiger partial charge is 0.478 e. The Bertz CT molecular complexity index is 503. The van der Waals surface area contributed by atoms with E-state index in [0.29, 0.717) is 5.56 Å². The van der Waals surface area contributed by atoms with Gasteiger partial charge in [-0.15, -0.1) is 0 Å². The van der Waals surface area contributed by atoms with Crippen LogP contribution in [0.2, 0.25) is 0 Å². The molecule has 0 aromatic heterocycles. The molecule has 0 saturated carbocycles. The Morgan fingerprint density at radius 2 is 2.18 bits per heavy atom. The summed E-state index contributed by atoms with van der Waals surface area (Å²) in [7, 11) is 0. The summed E-state index contributed by atoms with van der Waals surface area (Å²) in [6.07, 6.45) is 0.927. The van der Waals surface area contributed by atoms with E-state index in [2.05, 4.69) is 10.5 Å². The van der Waals surface area contributed by atoms with Crippen LogP contribution in [0.5, 0.6) is 0 Å². The molecule has 1 aromatic rings. The first kappa shape index (κ1) is 12.4. The molecule has 0 unspecified atom stereocenters. The van der Waals surface area contributed by atoms with Gasteiger partial charge in [0.05, 0.1) is 17.8 Å². The zero-order valence-electron chi connectivity index (χ0n) is 8.75. The fourth-order valence-electron chi connectivity index (χ4n) is 1.09. The number of carbonyl (C=O) groups excluding carboxylic acids is 1. The van der Waals surface area contributed by atoms with Crippen molar-refractivity contribution in [3.05, 3.63) is 35.4 Å². The summed E-state index contributed by atoms with van der Waals surface area (Å²) in [5.74, 6) is -1.62. The molecule has 1 rings (SSSR count). The predicted molar refractivity (Wildman–Crippen MR) is 59.4 cm³/mol. The summed E-state index contributed by atoms with van der Waals surface area (Å²) in [5.41, 5.74) is 2.57. The molecule has 0 radical (unpaired) electrons. The van der Waals surface area contributed by atoms with Crippen molar-refractivity contribution in [2.45, 2.75) is 6.42 Å². The number of nitrogens with one attached hydrogen (secondary N) is 1. The number of hydrogen-bond acceptors (Lipinski definition) is 4. The minimum absolute atomic E-state index is 0.0887. The van der Waals surface area contributed by atoms with E-state index in [-0.39, 0.29) is 12.0 Å². The lowest BCUT2D eigenvalue weighted by Gasteiger charge is -1.99. The molecule has 0 aliphatic heterocycles. The highest BCUT2D eigenvalue weighted by Gasteiger charge is 2.06. The summed E-state index contributed by atoms with van der Waals surface area (Å²) in [6.45, 7) is 0. The monoisotopic (exact) mass is 231 g/mol. The van der Waals surface area contributed by atoms with Gasteiger partial charge in [0.1, 0.15) is 6.42 Å². The standard InChI is InChI=1S/C11H9N3O3/c12-6-5-10(15)14-13-7-8-3-1-2-4-9(8)11(16)17/h1-4,7H,5H2,(H,14,15)(H,16,17). The van der Waals surface area contributed by atoms with Gasteiger partial charge in [-0.05, 0) is 6.07 Å². The number of rotatable bonds is 4. The van der Waals surface area contributed by atoms with Crippen molar-refractivity contribution in [3.8, 4) is 6.07 Å². The summed E-state index contributed by atoms with van der Waals surface area (Å²) in [4.78, 5) is 21.7. The Labute approximate surface area is 97.2 Å². The van der Waals surface area contributed by atoms with Crippen LogP contribution in [-0.4, -0.2) is 23.2 Å². The van der Waals surface area contributed by atoms with Crippen molar-refractivity contribution < 1.29 is 14.7 Å². The number of nitrogens with zero attached hydrogens (tertiary/aromatic N) is 2. The van der Waals surface area contributed by atoms with Gasteiger partial charge in [0, 0.05) is 5.56 Å². The summed E-state index contributed by atoms with van der Waals surface area (Å²) in [5, 5.41) is 20.7. The molecule has 6 heteroatoms. The third kappa shape index (κ3) is 3.76. The quantitative estimate of drug-likeness (QED) is 0.589. The van der Waals surface area contributed by atoms with Gasteiger partial charge in [0.15, 0.2) is 0 Å². The lowest BCUT2D eigenvalue weighted by Crippen LogP contribution is -2.16. The number of carboxylic acids is 1. The fourth-order valence-corrected chi connectivity index (χ4v) is 1.09. The Hall–Kier alpha value is -2.68. The number of hydrazone groups is 1. The van der Waals surface area contributed by atoms with Gasteiger partial charge in [0.2, 0.25) is 0 Å². The molecule has 0 saturated heterocycles. The second-order valence-electron chi connectivity index (χ2n) is 3.02. The Kier molecular flexibility index (Phi) is 4.39. The van der Waals surface area contributed by atoms with Crippen LogP contribution in [0.1, 0.15) is 22.3 Å². The van der Waals surface area contributed by atoms with Crippen LogP contribution in [-0.2, 0) is 4.79 Å². The van der Waals surface area contributed by atoms with E-state index >= 15 is 0 Å². The van der Waals surface area contributed by atoms with E-state index in [1.54, 1.807) is 24.3 Å². The highest BCUT2D eigenvalue weighted by Crippen LogP contribution is 2.05. The predicted octanol–water partition coefficient (Wildman–Crippen LogP) is 0.749. The van der Waals surface area contributed by atoms with Crippen molar-refractivity contribution in [2.24, 2.45) is 5.10 Å². The van der Waals surface area contributed by atoms with Gasteiger partial charge in [-0.25, -0.2) is 10.2 Å². The first-order chi connectivity index (χ1) is 8.15. The molecule has 0 fully saturated rings. The zero-order chi connectivity index (χ0) is 12.7. The van der Waals surface area contributed by atoms with Gasteiger partial charge < -0.3 is 5.11 Å². The second-order valence-corrected chi connectivity index (χ2v) is 3.02. The van der Waals surface area contributed by atoms with Crippen molar-refractivity contribution in [3.63, 3.8) is 0 Å². The first-order valence-electron chi connectivity index (χ1n) is 4.66. The Morgan fingerprint density at radius 3 is 2.82 bits per heavy atom. The number of carboxylic acid groups (broad SMARTS) is 1. The SMILES string of the molecule is N#CCC(=O)NN=Cc1ccccc1C(=O)O. The fraction of sp³-hybridized carbons (Fsp3) is 0.0909. The maximum Gasteiger partial charge on any atom is 0.336 e. The van der Waals surface area contributed by atoms with Crippen molar-refractivity contribution >= 4 is 18.1 Å². The van der Waals surface area contributed by atoms with E-state index in [1.165, 1.54) is 12.3 Å². The number of aromatic carboxylic acids is 1. The van der Waals surface area contributed by atoms with E-state index in [0.717, 1.165) is 0 Å². The van der Waals surface area contributed by atoms with E-state index in [4.69, 9.17) is 10.4 Å². The molecule has 2 N–H and O–H groups in total. The average Bonchev–Trinajstić information content (AvgIpc) is 2.30. The smallest absolute Gasteiger partial charge is 0.336 e. The Balaban J connectivity index is 2.75. The van der Waals surface area contributed by atoms with E-state index in [9.17, 15) is 9.59 Å². The number of carbonyl (C=O) groups is 2. The minimum Gasteiger partial charge on any atom is -0.478 e. The third-order valence-electron chi connectivity index (χ3n) is 1.82. The molecular formula is C11H9N3O3. The van der Waals surface area contributed by atoms with Crippen LogP contribution in [0.25, 0.3) is 0 Å². The van der Waals surface area contributed by atoms with Crippen LogP contribution in [0.15, 0.2) is 29.4 Å². The lowest BCUT2D eigenvalue weighted by atomic mass is 10.1. The average molecular weight is 231 g/mol. The molecule has 1 amide bonds. The van der Waals surface area contributed by atoms with E-state index < -0.39 is 11.9 Å². The number of hydrogen-bond donors (Lipinski definition) is 2. The molecule has 0 atom stereocenters. The molecule has 1 aromatic carbocycles. The lowest BCUT2D eigenvalue weighted by molar-refractivity contribution is -0.120. The zero-order valence-corrected chi connectivity index (χ0v) is 8.75. The molecule has 0 bridgehead atoms. The number of nitriles is 1. The number of benzene rings is 1. The highest BCUT2D eigenvalue weighted by atomic mass is 16.4. The molecule has 17 heavy (non-hydrogen) atoms. The third-order valence-corrected chi connectivity index (χ3v) is 1.82. The van der Waals surface area contributed by atoms with Gasteiger partial charge in [-0.3, -0.25) is 4.79 Å². The van der Waals surface area contributed by atoms with Gasteiger partial charge in [-0.1, -0.05) is 18.2 Å². The van der Waals surface area contributed by atoms with E-state index in [1.807, 2.05) is 0 Å². The van der Waals surface area contributed by atoms with Crippen molar-refractivity contribution in [2.75, 3.05) is 0 Å². The maximum atomic E-state index is 10.9. The van der Waals surface area contributed by atoms with Crippen LogP contribution < -0.4 is 5.43 Å². The van der Waals surface area contributed by atoms with Crippen molar-refractivity contribution in [1.29, 1.82) is 5.26 Å². The molecule has 0 aliphatic rings. The highest BCUT2D eigenvalue weighted by molar-refractivity contribution is 5.98. The summed E-state index contributed by atoms with van der Waals surface area (Å²) >= 11 is 0. The number of amides is 1. The molecular weight excluding hydrogens is 222 g/mol. The first-order valence-corrected chi connectivity index (χ1v) is 4.66. The van der Waals surface area contributed by atoms with Gasteiger partial charge in [-0.2, -0.15) is 10.4 Å². The molecule has 0 aliphatic carbocycles. The van der Waals surface area contributed by atoms with Crippen LogP contribution >= 0.6 is 0 Å². The maximum absolute atomic E-state index is 10.9. The molecule has 0 heterocycles. The van der Waals surface area contributed by atoms with Gasteiger partial charge in [0.25, 0.3) is 5.91 Å². The molecule has 6 nitrogen and oxygen atoms in total. The summed E-state index contributed by atoms with van der Waals surface area (Å²) < 4.78 is 0. The van der Waals surface area contributed by atoms with Crippen LogP contribution in [0, 0.1) is 11.3 Å². The minimum atomic E-state index is -1.07. The summed E-state index contributed by atoms with van der Waals surface area (Å²) in [6, 6.07) is 7.91. The topological polar surface area (TPSA) is 103 Å².